The number of ether oxygens (including phenoxy) is 1. The van der Waals surface area contributed by atoms with Crippen LogP contribution in [0.3, 0.4) is 0 Å². The number of rotatable bonds is 13. The van der Waals surface area contributed by atoms with Crippen LogP contribution in [-0.2, 0) is 17.6 Å². The average Bonchev–Trinajstić information content (AvgIpc) is 3.17. The van der Waals surface area contributed by atoms with Crippen LogP contribution in [-0.4, -0.2) is 30.5 Å². The van der Waals surface area contributed by atoms with Crippen molar-refractivity contribution in [2.45, 2.75) is 108 Å². The topological polar surface area (TPSA) is 55.5 Å². The van der Waals surface area contributed by atoms with Crippen molar-refractivity contribution in [1.82, 2.24) is 0 Å². The summed E-state index contributed by atoms with van der Waals surface area (Å²) in [7, 11) is 0. The number of nitrogens with two attached hydrogens (primary N) is 1. The van der Waals surface area contributed by atoms with Gasteiger partial charge in [0, 0.05) is 18.8 Å². The predicted molar refractivity (Wildman–Crippen MR) is 126 cm³/mol. The van der Waals surface area contributed by atoms with Gasteiger partial charge in [-0.25, -0.2) is 0 Å². The molecule has 0 aliphatic heterocycles. The van der Waals surface area contributed by atoms with E-state index < -0.39 is 0 Å². The molecule has 0 amide bonds. The summed E-state index contributed by atoms with van der Waals surface area (Å²) in [6.07, 6.45) is 17.4. The van der Waals surface area contributed by atoms with E-state index in [4.69, 9.17) is 10.5 Å². The third-order valence-corrected chi connectivity index (χ3v) is 7.49. The molecule has 0 saturated heterocycles. The maximum atomic E-state index is 9.55. The first kappa shape index (κ1) is 23.8. The summed E-state index contributed by atoms with van der Waals surface area (Å²) >= 11 is 0. The minimum Gasteiger partial charge on any atom is -0.394 e. The zero-order valence-electron chi connectivity index (χ0n) is 19.3. The molecule has 1 fully saturated rings. The number of benzene rings is 1. The molecule has 0 heterocycles. The predicted octanol–water partition coefficient (Wildman–Crippen LogP) is 5.91. The molecule has 1 aromatic carbocycles. The Bertz CT molecular complexity index is 631. The molecular weight excluding hydrogens is 370 g/mol. The lowest BCUT2D eigenvalue weighted by atomic mass is 9.82. The van der Waals surface area contributed by atoms with Gasteiger partial charge >= 0.3 is 0 Å². The fraction of sp³-hybridized carbons (Fsp3) is 0.778. The summed E-state index contributed by atoms with van der Waals surface area (Å²) in [5, 5.41) is 9.55. The molecule has 1 saturated carbocycles. The molecule has 3 rings (SSSR count). The molecule has 2 aliphatic rings. The van der Waals surface area contributed by atoms with Crippen molar-refractivity contribution in [3.63, 3.8) is 0 Å². The molecule has 1 aromatic rings. The normalized spacial score (nSPS) is 26.1. The summed E-state index contributed by atoms with van der Waals surface area (Å²) in [6.45, 7) is 4.24. The van der Waals surface area contributed by atoms with Crippen molar-refractivity contribution in [1.29, 1.82) is 0 Å². The van der Waals surface area contributed by atoms with Gasteiger partial charge in [-0.2, -0.15) is 0 Å². The van der Waals surface area contributed by atoms with E-state index in [9.17, 15) is 5.11 Å². The monoisotopic (exact) mass is 415 g/mol. The van der Waals surface area contributed by atoms with Gasteiger partial charge in [0.15, 0.2) is 0 Å². The maximum absolute atomic E-state index is 9.55. The van der Waals surface area contributed by atoms with Crippen LogP contribution in [0.2, 0.25) is 0 Å². The first-order valence-electron chi connectivity index (χ1n) is 12.7. The summed E-state index contributed by atoms with van der Waals surface area (Å²) in [4.78, 5) is 0. The number of unbranched alkanes of at least 4 members (excludes halogenated alkanes) is 7. The van der Waals surface area contributed by atoms with Gasteiger partial charge in [0.25, 0.3) is 0 Å². The van der Waals surface area contributed by atoms with E-state index in [1.807, 2.05) is 0 Å². The first-order chi connectivity index (χ1) is 14.6. The van der Waals surface area contributed by atoms with Crippen LogP contribution in [0.4, 0.5) is 0 Å². The van der Waals surface area contributed by atoms with Crippen LogP contribution < -0.4 is 5.73 Å². The summed E-state index contributed by atoms with van der Waals surface area (Å²) in [6, 6.07) is 7.10. The number of aryl methyl sites for hydroxylation is 1. The average molecular weight is 416 g/mol. The molecule has 0 aromatic heterocycles. The van der Waals surface area contributed by atoms with Gasteiger partial charge in [0.05, 0.1) is 6.61 Å². The van der Waals surface area contributed by atoms with E-state index in [0.29, 0.717) is 11.8 Å². The zero-order chi connectivity index (χ0) is 21.2. The SMILES string of the molecule is CCCCCCCCCCOCC1CCc2cc([C@H]3CC[C@](N)(CO)C3)ccc2C1. The lowest BCUT2D eigenvalue weighted by Gasteiger charge is -2.26. The summed E-state index contributed by atoms with van der Waals surface area (Å²) < 4.78 is 6.04. The molecule has 0 spiro atoms. The van der Waals surface area contributed by atoms with Crippen molar-refractivity contribution >= 4 is 0 Å². The van der Waals surface area contributed by atoms with Crippen LogP contribution in [0.1, 0.15) is 107 Å². The second-order valence-corrected chi connectivity index (χ2v) is 10.1. The molecule has 1 unspecified atom stereocenters. The molecule has 170 valence electrons. The van der Waals surface area contributed by atoms with Crippen molar-refractivity contribution in [3.05, 3.63) is 34.9 Å². The minimum atomic E-state index is -0.363. The third-order valence-electron chi connectivity index (χ3n) is 7.49. The number of aliphatic hydroxyl groups is 1. The highest BCUT2D eigenvalue weighted by molar-refractivity contribution is 5.36. The number of hydrogen-bond donors (Lipinski definition) is 2. The Morgan fingerprint density at radius 3 is 2.53 bits per heavy atom. The summed E-state index contributed by atoms with van der Waals surface area (Å²) in [5.41, 5.74) is 10.4. The fourth-order valence-electron chi connectivity index (χ4n) is 5.42. The molecule has 3 heteroatoms. The molecule has 0 radical (unpaired) electrons. The van der Waals surface area contributed by atoms with Gasteiger partial charge < -0.3 is 15.6 Å². The van der Waals surface area contributed by atoms with Crippen LogP contribution in [0.25, 0.3) is 0 Å². The van der Waals surface area contributed by atoms with Gasteiger partial charge in [-0.05, 0) is 73.5 Å². The third kappa shape index (κ3) is 7.07. The zero-order valence-corrected chi connectivity index (χ0v) is 19.3. The Kier molecular flexibility index (Phi) is 9.67. The van der Waals surface area contributed by atoms with Gasteiger partial charge in [0.2, 0.25) is 0 Å². The van der Waals surface area contributed by atoms with Gasteiger partial charge in [-0.15, -0.1) is 0 Å². The first-order valence-corrected chi connectivity index (χ1v) is 12.7. The van der Waals surface area contributed by atoms with Crippen molar-refractivity contribution in [3.8, 4) is 0 Å². The van der Waals surface area contributed by atoms with Crippen molar-refractivity contribution < 1.29 is 9.84 Å². The fourth-order valence-corrected chi connectivity index (χ4v) is 5.42. The Hall–Kier alpha value is -0.900. The van der Waals surface area contributed by atoms with Gasteiger partial charge in [-0.3, -0.25) is 0 Å². The van der Waals surface area contributed by atoms with Crippen molar-refractivity contribution in [2.75, 3.05) is 19.8 Å². The van der Waals surface area contributed by atoms with E-state index in [2.05, 4.69) is 25.1 Å². The highest BCUT2D eigenvalue weighted by atomic mass is 16.5. The molecule has 3 N–H and O–H groups in total. The largest absolute Gasteiger partial charge is 0.394 e. The molecular formula is C27H45NO2. The van der Waals surface area contributed by atoms with E-state index in [-0.39, 0.29) is 12.1 Å². The Morgan fingerprint density at radius 2 is 1.80 bits per heavy atom. The number of fused-ring (bicyclic) bond motifs is 1. The van der Waals surface area contributed by atoms with E-state index in [0.717, 1.165) is 38.9 Å². The van der Waals surface area contributed by atoms with Crippen LogP contribution in [0, 0.1) is 5.92 Å². The Labute approximate surface area is 184 Å². The molecule has 2 aliphatic carbocycles. The molecule has 3 nitrogen and oxygen atoms in total. The second kappa shape index (κ2) is 12.2. The van der Waals surface area contributed by atoms with Crippen LogP contribution >= 0.6 is 0 Å². The van der Waals surface area contributed by atoms with E-state index in [1.54, 1.807) is 0 Å². The number of hydrogen-bond acceptors (Lipinski definition) is 3. The second-order valence-electron chi connectivity index (χ2n) is 10.1. The summed E-state index contributed by atoms with van der Waals surface area (Å²) in [5.74, 6) is 1.19. The van der Waals surface area contributed by atoms with Gasteiger partial charge in [-0.1, -0.05) is 70.1 Å². The highest BCUT2D eigenvalue weighted by Gasteiger charge is 2.36. The number of aliphatic hydroxyl groups excluding tert-OH is 1. The molecule has 0 bridgehead atoms. The quantitative estimate of drug-likeness (QED) is 0.394. The smallest absolute Gasteiger partial charge is 0.0611 e. The Morgan fingerprint density at radius 1 is 1.03 bits per heavy atom. The molecule has 3 atom stereocenters. The lowest BCUT2D eigenvalue weighted by molar-refractivity contribution is 0.0911. The van der Waals surface area contributed by atoms with Gasteiger partial charge in [0.1, 0.15) is 0 Å². The van der Waals surface area contributed by atoms with Crippen molar-refractivity contribution in [2.24, 2.45) is 11.7 Å². The Balaban J connectivity index is 1.32. The van der Waals surface area contributed by atoms with Crippen LogP contribution in [0.5, 0.6) is 0 Å². The minimum absolute atomic E-state index is 0.106. The highest BCUT2D eigenvalue weighted by Crippen LogP contribution is 2.40. The lowest BCUT2D eigenvalue weighted by Crippen LogP contribution is -2.40. The standard InChI is InChI=1S/C27H45NO2/c1-2-3-4-5-6-7-8-9-16-30-20-22-10-11-24-18-25(13-12-23(24)17-22)26-14-15-27(28,19-26)21-29/h12-13,18,22,26,29H,2-11,14-17,19-21,28H2,1H3/t22?,26-,27+/m0/s1. The van der Waals surface area contributed by atoms with E-state index in [1.165, 1.54) is 80.9 Å². The molecule has 30 heavy (non-hydrogen) atoms. The maximum Gasteiger partial charge on any atom is 0.0611 e. The van der Waals surface area contributed by atoms with Crippen LogP contribution in [0.15, 0.2) is 18.2 Å². The van der Waals surface area contributed by atoms with E-state index >= 15 is 0 Å².